The molecule has 1 aliphatic carbocycles. The van der Waals surface area contributed by atoms with E-state index in [0.29, 0.717) is 23.3 Å². The average Bonchev–Trinajstić information content (AvgIpc) is 3.16. The zero-order valence-electron chi connectivity index (χ0n) is 15.7. The van der Waals surface area contributed by atoms with Gasteiger partial charge in [0.2, 0.25) is 0 Å². The first-order valence-electron chi connectivity index (χ1n) is 9.47. The number of aromatic nitrogens is 2. The third-order valence-corrected chi connectivity index (χ3v) is 5.83. The lowest BCUT2D eigenvalue weighted by molar-refractivity contribution is 0.329. The first kappa shape index (κ1) is 17.3. The van der Waals surface area contributed by atoms with Crippen LogP contribution in [-0.2, 0) is 6.42 Å². The summed E-state index contributed by atoms with van der Waals surface area (Å²) in [5.41, 5.74) is 6.28. The van der Waals surface area contributed by atoms with Crippen LogP contribution in [-0.4, -0.2) is 9.97 Å². The summed E-state index contributed by atoms with van der Waals surface area (Å²) in [4.78, 5) is 8.03. The summed E-state index contributed by atoms with van der Waals surface area (Å²) >= 11 is 0. The minimum Gasteiger partial charge on any atom is -0.364 e. The quantitative estimate of drug-likeness (QED) is 0.669. The number of pyridine rings is 1. The molecule has 0 aliphatic heterocycles. The van der Waals surface area contributed by atoms with Gasteiger partial charge in [0.15, 0.2) is 0 Å². The van der Waals surface area contributed by atoms with Crippen LogP contribution < -0.4 is 0 Å². The number of fused-ring (bicyclic) bond motifs is 1. The summed E-state index contributed by atoms with van der Waals surface area (Å²) < 4.78 is 0. The van der Waals surface area contributed by atoms with E-state index in [-0.39, 0.29) is 0 Å². The molecule has 2 aromatic heterocycles. The molecule has 2 heterocycles. The van der Waals surface area contributed by atoms with Crippen LogP contribution >= 0.6 is 0 Å². The van der Waals surface area contributed by atoms with Crippen molar-refractivity contribution in [3.8, 4) is 17.2 Å². The Bertz CT molecular complexity index is 1000. The van der Waals surface area contributed by atoms with Crippen molar-refractivity contribution in [1.82, 2.24) is 9.97 Å². The van der Waals surface area contributed by atoms with Gasteiger partial charge in [-0.3, -0.25) is 4.98 Å². The van der Waals surface area contributed by atoms with E-state index in [1.165, 1.54) is 11.3 Å². The van der Waals surface area contributed by atoms with Crippen molar-refractivity contribution in [1.29, 1.82) is 5.26 Å². The second-order valence-electron chi connectivity index (χ2n) is 7.47. The molecular weight excluding hydrogens is 330 g/mol. The first-order chi connectivity index (χ1) is 13.2. The summed E-state index contributed by atoms with van der Waals surface area (Å²) in [6.45, 7) is 4.67. The van der Waals surface area contributed by atoms with E-state index < -0.39 is 0 Å². The van der Waals surface area contributed by atoms with Crippen molar-refractivity contribution in [3.05, 3.63) is 83.4 Å². The Morgan fingerprint density at radius 1 is 1.15 bits per heavy atom. The molecule has 0 bridgehead atoms. The Balaban J connectivity index is 1.58. The molecule has 134 valence electrons. The topological polar surface area (TPSA) is 52.5 Å². The van der Waals surface area contributed by atoms with Gasteiger partial charge in [-0.15, -0.1) is 0 Å². The predicted molar refractivity (Wildman–Crippen MR) is 109 cm³/mol. The Labute approximate surface area is 160 Å². The maximum atomic E-state index is 9.29. The smallest absolute Gasteiger partial charge is 0.0998 e. The van der Waals surface area contributed by atoms with Gasteiger partial charge < -0.3 is 4.98 Å². The summed E-state index contributed by atoms with van der Waals surface area (Å²) in [6, 6.07) is 16.1. The monoisotopic (exact) mass is 353 g/mol. The molecule has 1 aromatic carbocycles. The maximum Gasteiger partial charge on any atom is 0.0998 e. The predicted octanol–water partition coefficient (Wildman–Crippen LogP) is 5.57. The lowest BCUT2D eigenvalue weighted by Gasteiger charge is -2.32. The highest BCUT2D eigenvalue weighted by Crippen LogP contribution is 2.39. The minimum absolute atomic E-state index is 0.388. The second-order valence-corrected chi connectivity index (χ2v) is 7.47. The van der Waals surface area contributed by atoms with Crippen LogP contribution in [0.1, 0.15) is 42.3 Å². The molecule has 4 rings (SSSR count). The van der Waals surface area contributed by atoms with Crippen molar-refractivity contribution < 1.29 is 0 Å². The van der Waals surface area contributed by atoms with Gasteiger partial charge in [0.05, 0.1) is 17.3 Å². The van der Waals surface area contributed by atoms with Crippen molar-refractivity contribution >= 4 is 6.08 Å². The molecule has 0 fully saturated rings. The van der Waals surface area contributed by atoms with Crippen LogP contribution in [0.3, 0.4) is 0 Å². The number of hydrogen-bond donors (Lipinski definition) is 1. The van der Waals surface area contributed by atoms with Gasteiger partial charge in [0.25, 0.3) is 0 Å². The Morgan fingerprint density at radius 2 is 2.00 bits per heavy atom. The molecule has 0 unspecified atom stereocenters. The molecule has 0 saturated carbocycles. The van der Waals surface area contributed by atoms with Crippen molar-refractivity contribution in [3.63, 3.8) is 0 Å². The van der Waals surface area contributed by atoms with Gasteiger partial charge >= 0.3 is 0 Å². The fourth-order valence-corrected chi connectivity index (χ4v) is 4.02. The standard InChI is InChI=1S/C24H23N3/c1-16-13-18-11-12-26-24(18)22(17(16)2)10-9-21-8-7-20(15-27-21)23-6-4-3-5-19(23)14-25/h3-12,15-17,22,26H,13H2,1-2H3/t16-,17+,22-/m0/s1. The average molecular weight is 353 g/mol. The number of H-pyrrole nitrogens is 1. The lowest BCUT2D eigenvalue weighted by atomic mass is 9.73. The largest absolute Gasteiger partial charge is 0.364 e. The third kappa shape index (κ3) is 3.31. The number of aromatic amines is 1. The Morgan fingerprint density at radius 3 is 2.78 bits per heavy atom. The van der Waals surface area contributed by atoms with E-state index in [1.54, 1.807) is 0 Å². The van der Waals surface area contributed by atoms with Crippen LogP contribution in [0.2, 0.25) is 0 Å². The fourth-order valence-electron chi connectivity index (χ4n) is 4.02. The summed E-state index contributed by atoms with van der Waals surface area (Å²) in [6.07, 6.45) is 9.44. The molecule has 3 heteroatoms. The molecule has 0 amide bonds. The summed E-state index contributed by atoms with van der Waals surface area (Å²) in [7, 11) is 0. The van der Waals surface area contributed by atoms with Crippen molar-refractivity contribution in [2.45, 2.75) is 26.2 Å². The number of hydrogen-bond acceptors (Lipinski definition) is 2. The Kier molecular flexibility index (Phi) is 4.64. The molecule has 0 saturated heterocycles. The molecule has 0 radical (unpaired) electrons. The van der Waals surface area contributed by atoms with E-state index in [9.17, 15) is 5.26 Å². The number of allylic oxidation sites excluding steroid dienone is 1. The van der Waals surface area contributed by atoms with E-state index >= 15 is 0 Å². The maximum absolute atomic E-state index is 9.29. The van der Waals surface area contributed by atoms with Gasteiger partial charge in [-0.2, -0.15) is 5.26 Å². The van der Waals surface area contributed by atoms with Gasteiger partial charge in [-0.05, 0) is 48.1 Å². The zero-order chi connectivity index (χ0) is 18.8. The van der Waals surface area contributed by atoms with E-state index in [2.05, 4.69) is 54.3 Å². The molecule has 3 atom stereocenters. The molecule has 1 aliphatic rings. The van der Waals surface area contributed by atoms with Crippen LogP contribution in [0.25, 0.3) is 17.2 Å². The lowest BCUT2D eigenvalue weighted by Crippen LogP contribution is -2.24. The van der Waals surface area contributed by atoms with E-state index in [0.717, 1.165) is 23.2 Å². The van der Waals surface area contributed by atoms with Crippen molar-refractivity contribution in [2.75, 3.05) is 0 Å². The van der Waals surface area contributed by atoms with Crippen LogP contribution in [0.4, 0.5) is 0 Å². The number of rotatable bonds is 3. The highest BCUT2D eigenvalue weighted by atomic mass is 14.7. The zero-order valence-corrected chi connectivity index (χ0v) is 15.7. The molecule has 3 nitrogen and oxygen atoms in total. The van der Waals surface area contributed by atoms with E-state index in [1.807, 2.05) is 42.6 Å². The molecule has 3 aromatic rings. The summed E-state index contributed by atoms with van der Waals surface area (Å²) in [5, 5.41) is 9.29. The fraction of sp³-hybridized carbons (Fsp3) is 0.250. The van der Waals surface area contributed by atoms with E-state index in [4.69, 9.17) is 0 Å². The first-order valence-corrected chi connectivity index (χ1v) is 9.47. The Hall–Kier alpha value is -3.12. The van der Waals surface area contributed by atoms with Gasteiger partial charge in [0.1, 0.15) is 0 Å². The van der Waals surface area contributed by atoms with Gasteiger partial charge in [-0.25, -0.2) is 0 Å². The second kappa shape index (κ2) is 7.25. The third-order valence-electron chi connectivity index (χ3n) is 5.83. The van der Waals surface area contributed by atoms with Crippen LogP contribution in [0, 0.1) is 23.2 Å². The SMILES string of the molecule is C[C@H]1[C@H](C=Cc2ccc(-c3ccccc3C#N)cn2)c2[nH]ccc2C[C@@H]1C. The molecule has 1 N–H and O–H groups in total. The van der Waals surface area contributed by atoms with Crippen LogP contribution in [0.15, 0.2) is 60.9 Å². The molecule has 27 heavy (non-hydrogen) atoms. The number of nitriles is 1. The van der Waals surface area contributed by atoms with Crippen molar-refractivity contribution in [2.24, 2.45) is 11.8 Å². The van der Waals surface area contributed by atoms with Gasteiger partial charge in [-0.1, -0.05) is 44.2 Å². The summed E-state index contributed by atoms with van der Waals surface area (Å²) in [5.74, 6) is 1.65. The normalized spacial score (nSPS) is 21.7. The number of nitrogens with zero attached hydrogens (tertiary/aromatic N) is 2. The highest BCUT2D eigenvalue weighted by Gasteiger charge is 2.30. The van der Waals surface area contributed by atoms with Gasteiger partial charge in [0, 0.05) is 35.1 Å². The molecule has 0 spiro atoms. The number of nitrogens with one attached hydrogen (secondary N) is 1. The molecular formula is C24H23N3. The minimum atomic E-state index is 0.388. The number of benzene rings is 1. The highest BCUT2D eigenvalue weighted by molar-refractivity contribution is 5.70. The van der Waals surface area contributed by atoms with Crippen LogP contribution in [0.5, 0.6) is 0 Å².